The second-order valence-electron chi connectivity index (χ2n) is 5.49. The quantitative estimate of drug-likeness (QED) is 0.883. The van der Waals surface area contributed by atoms with E-state index in [0.29, 0.717) is 23.7 Å². The van der Waals surface area contributed by atoms with Crippen LogP contribution in [0, 0.1) is 5.41 Å². The summed E-state index contributed by atoms with van der Waals surface area (Å²) < 4.78 is 5.42. The normalized spacial score (nSPS) is 25.8. The molecule has 1 aliphatic rings. The zero-order valence-corrected chi connectivity index (χ0v) is 11.8. The molecule has 0 amide bonds. The van der Waals surface area contributed by atoms with Crippen molar-refractivity contribution < 1.29 is 9.84 Å². The largest absolute Gasteiger partial charge is 0.508 e. The van der Waals surface area contributed by atoms with Crippen LogP contribution in [0.1, 0.15) is 25.8 Å². The Bertz CT molecular complexity index is 434. The van der Waals surface area contributed by atoms with Gasteiger partial charge in [-0.15, -0.1) is 0 Å². The first-order valence-electron chi connectivity index (χ1n) is 6.18. The van der Waals surface area contributed by atoms with Crippen molar-refractivity contribution in [2.45, 2.75) is 39.0 Å². The van der Waals surface area contributed by atoms with Gasteiger partial charge in [-0.3, -0.25) is 0 Å². The number of methoxy groups -OCH3 is 1. The molecule has 1 aromatic carbocycles. The van der Waals surface area contributed by atoms with Gasteiger partial charge in [0.2, 0.25) is 0 Å². The summed E-state index contributed by atoms with van der Waals surface area (Å²) in [5.41, 5.74) is 0.960. The average molecular weight is 270 g/mol. The fourth-order valence-electron chi connectivity index (χ4n) is 2.56. The lowest BCUT2D eigenvalue weighted by atomic mass is 9.64. The maximum atomic E-state index is 9.74. The van der Waals surface area contributed by atoms with E-state index < -0.39 is 0 Å². The molecular formula is C14H20ClNO2. The van der Waals surface area contributed by atoms with E-state index in [4.69, 9.17) is 16.3 Å². The van der Waals surface area contributed by atoms with Crippen molar-refractivity contribution in [2.75, 3.05) is 7.11 Å². The number of aromatic hydroxyl groups is 1. The highest BCUT2D eigenvalue weighted by molar-refractivity contribution is 6.30. The number of nitrogens with one attached hydrogen (secondary N) is 1. The first kappa shape index (κ1) is 13.7. The lowest BCUT2D eigenvalue weighted by molar-refractivity contribution is -0.0979. The lowest BCUT2D eigenvalue weighted by Gasteiger charge is -2.51. The fraction of sp³-hybridized carbons (Fsp3) is 0.571. The number of benzene rings is 1. The minimum absolute atomic E-state index is 0.128. The molecule has 0 aliphatic heterocycles. The molecule has 0 saturated heterocycles. The topological polar surface area (TPSA) is 41.5 Å². The highest BCUT2D eigenvalue weighted by atomic mass is 35.5. The van der Waals surface area contributed by atoms with Crippen molar-refractivity contribution in [1.82, 2.24) is 5.32 Å². The van der Waals surface area contributed by atoms with Gasteiger partial charge in [-0.2, -0.15) is 0 Å². The summed E-state index contributed by atoms with van der Waals surface area (Å²) in [5.74, 6) is 0.285. The number of rotatable bonds is 4. The molecule has 100 valence electrons. The minimum atomic E-state index is 0.128. The van der Waals surface area contributed by atoms with E-state index >= 15 is 0 Å². The smallest absolute Gasteiger partial charge is 0.120 e. The third-order valence-electron chi connectivity index (χ3n) is 4.04. The Kier molecular flexibility index (Phi) is 3.85. The molecule has 0 heterocycles. The van der Waals surface area contributed by atoms with E-state index in [-0.39, 0.29) is 11.2 Å². The molecule has 1 fully saturated rings. The van der Waals surface area contributed by atoms with E-state index in [1.54, 1.807) is 25.3 Å². The monoisotopic (exact) mass is 269 g/mol. The lowest BCUT2D eigenvalue weighted by Crippen LogP contribution is -2.60. The number of phenolic OH excluding ortho intramolecular Hbond substituents is 1. The Balaban J connectivity index is 1.95. The van der Waals surface area contributed by atoms with Crippen LogP contribution in [0.4, 0.5) is 0 Å². The Hall–Kier alpha value is -0.770. The van der Waals surface area contributed by atoms with Crippen molar-refractivity contribution >= 4 is 11.6 Å². The number of ether oxygens (including phenoxy) is 1. The molecule has 4 heteroatoms. The Morgan fingerprint density at radius 1 is 1.50 bits per heavy atom. The number of hydrogen-bond donors (Lipinski definition) is 2. The summed E-state index contributed by atoms with van der Waals surface area (Å²) in [5, 5.41) is 13.8. The summed E-state index contributed by atoms with van der Waals surface area (Å²) in [6.45, 7) is 5.01. The molecule has 2 rings (SSSR count). The van der Waals surface area contributed by atoms with Gasteiger partial charge in [0.1, 0.15) is 5.75 Å². The molecule has 1 aromatic rings. The molecule has 0 radical (unpaired) electrons. The van der Waals surface area contributed by atoms with E-state index in [2.05, 4.69) is 19.2 Å². The zero-order valence-electron chi connectivity index (χ0n) is 11.0. The van der Waals surface area contributed by atoms with Crippen LogP contribution in [0.5, 0.6) is 5.75 Å². The van der Waals surface area contributed by atoms with Crippen LogP contribution in [0.25, 0.3) is 0 Å². The Morgan fingerprint density at radius 3 is 2.83 bits per heavy atom. The third kappa shape index (κ3) is 2.48. The van der Waals surface area contributed by atoms with E-state index in [9.17, 15) is 5.11 Å². The van der Waals surface area contributed by atoms with Gasteiger partial charge in [-0.25, -0.2) is 0 Å². The van der Waals surface area contributed by atoms with Crippen molar-refractivity contribution in [3.63, 3.8) is 0 Å². The summed E-state index contributed by atoms with van der Waals surface area (Å²) >= 11 is 5.92. The molecule has 18 heavy (non-hydrogen) atoms. The second kappa shape index (κ2) is 5.08. The summed E-state index contributed by atoms with van der Waals surface area (Å²) in [6.07, 6.45) is 1.31. The first-order valence-corrected chi connectivity index (χ1v) is 6.56. The van der Waals surface area contributed by atoms with Gasteiger partial charge in [0.25, 0.3) is 0 Å². The van der Waals surface area contributed by atoms with Crippen LogP contribution in [0.2, 0.25) is 5.02 Å². The second-order valence-corrected chi connectivity index (χ2v) is 5.92. The molecule has 0 aromatic heterocycles. The van der Waals surface area contributed by atoms with Crippen LogP contribution in [0.15, 0.2) is 18.2 Å². The molecule has 2 N–H and O–H groups in total. The molecule has 3 nitrogen and oxygen atoms in total. The van der Waals surface area contributed by atoms with Gasteiger partial charge < -0.3 is 15.2 Å². The molecule has 1 aliphatic carbocycles. The molecule has 0 bridgehead atoms. The van der Waals surface area contributed by atoms with E-state index in [1.165, 1.54) is 0 Å². The molecular weight excluding hydrogens is 250 g/mol. The van der Waals surface area contributed by atoms with Crippen molar-refractivity contribution in [2.24, 2.45) is 5.41 Å². The van der Waals surface area contributed by atoms with Gasteiger partial charge in [-0.05, 0) is 24.6 Å². The van der Waals surface area contributed by atoms with Crippen LogP contribution in [0.3, 0.4) is 0 Å². The predicted molar refractivity (Wildman–Crippen MR) is 72.9 cm³/mol. The Morgan fingerprint density at radius 2 is 2.22 bits per heavy atom. The number of halogens is 1. The van der Waals surface area contributed by atoms with Gasteiger partial charge in [0.15, 0.2) is 0 Å². The maximum absolute atomic E-state index is 9.74. The van der Waals surface area contributed by atoms with E-state index in [0.717, 1.165) is 12.0 Å². The summed E-state index contributed by atoms with van der Waals surface area (Å²) in [6, 6.07) is 5.52. The van der Waals surface area contributed by atoms with Gasteiger partial charge in [0, 0.05) is 35.7 Å². The van der Waals surface area contributed by atoms with Gasteiger partial charge in [-0.1, -0.05) is 25.4 Å². The first-order chi connectivity index (χ1) is 8.45. The average Bonchev–Trinajstić information content (AvgIpc) is 2.32. The van der Waals surface area contributed by atoms with Crippen molar-refractivity contribution in [1.29, 1.82) is 0 Å². The fourth-order valence-corrected chi connectivity index (χ4v) is 2.76. The SMILES string of the molecule is COC1CC(NCc2cc(Cl)ccc2O)C1(C)C. The molecule has 2 unspecified atom stereocenters. The summed E-state index contributed by atoms with van der Waals surface area (Å²) in [4.78, 5) is 0. The summed E-state index contributed by atoms with van der Waals surface area (Å²) in [7, 11) is 1.76. The van der Waals surface area contributed by atoms with Crippen molar-refractivity contribution in [3.05, 3.63) is 28.8 Å². The van der Waals surface area contributed by atoms with Gasteiger partial charge >= 0.3 is 0 Å². The highest BCUT2D eigenvalue weighted by Crippen LogP contribution is 2.42. The number of hydrogen-bond acceptors (Lipinski definition) is 3. The minimum Gasteiger partial charge on any atom is -0.508 e. The van der Waals surface area contributed by atoms with Crippen molar-refractivity contribution in [3.8, 4) is 5.75 Å². The Labute approximate surface area is 113 Å². The van der Waals surface area contributed by atoms with Crippen LogP contribution in [-0.4, -0.2) is 24.4 Å². The molecule has 1 saturated carbocycles. The van der Waals surface area contributed by atoms with Crippen LogP contribution < -0.4 is 5.32 Å². The zero-order chi connectivity index (χ0) is 13.3. The van der Waals surface area contributed by atoms with Crippen LogP contribution >= 0.6 is 11.6 Å². The molecule has 0 spiro atoms. The standard InChI is InChI=1S/C14H20ClNO2/c1-14(2)12(7-13(14)18-3)16-8-9-6-10(15)4-5-11(9)17/h4-6,12-13,16-17H,7-8H2,1-3H3. The molecule has 2 atom stereocenters. The predicted octanol–water partition coefficient (Wildman–Crippen LogP) is 2.95. The maximum Gasteiger partial charge on any atom is 0.120 e. The number of phenols is 1. The van der Waals surface area contributed by atoms with Crippen LogP contribution in [-0.2, 0) is 11.3 Å². The highest BCUT2D eigenvalue weighted by Gasteiger charge is 2.48. The third-order valence-corrected chi connectivity index (χ3v) is 4.28. The van der Waals surface area contributed by atoms with E-state index in [1.807, 2.05) is 0 Å². The van der Waals surface area contributed by atoms with Gasteiger partial charge in [0.05, 0.1) is 6.10 Å².